The lowest BCUT2D eigenvalue weighted by atomic mass is 9.76. The molecule has 204 valence electrons. The molecule has 0 spiro atoms. The topological polar surface area (TPSA) is 9.23 Å². The van der Waals surface area contributed by atoms with Crippen LogP contribution >= 0.6 is 0 Å². The van der Waals surface area contributed by atoms with Gasteiger partial charge in [-0.2, -0.15) is 0 Å². The first-order valence-corrected chi connectivity index (χ1v) is 16.9. The SMILES string of the molecule is CCCCC[SiH]1CCC(CCC2CCC(c3ccc(-c4ccc(OC(F)(F)F)cc4)c(F)c3)CC2)CC1. The summed E-state index contributed by atoms with van der Waals surface area (Å²) in [6.07, 6.45) is 9.94. The zero-order valence-electron chi connectivity index (χ0n) is 22.2. The number of alkyl halides is 3. The molecule has 0 bridgehead atoms. The maximum absolute atomic E-state index is 15.0. The predicted octanol–water partition coefficient (Wildman–Crippen LogP) is 10.3. The van der Waals surface area contributed by atoms with Crippen LogP contribution in [0.2, 0.25) is 18.1 Å². The summed E-state index contributed by atoms with van der Waals surface area (Å²) in [6.45, 7) is 2.30. The third kappa shape index (κ3) is 8.59. The van der Waals surface area contributed by atoms with E-state index in [4.69, 9.17) is 0 Å². The lowest BCUT2D eigenvalue weighted by molar-refractivity contribution is -0.274. The van der Waals surface area contributed by atoms with Crippen LogP contribution in [0.3, 0.4) is 0 Å². The maximum Gasteiger partial charge on any atom is 0.573 e. The molecular weight excluding hydrogens is 492 g/mol. The molecule has 2 aromatic rings. The van der Waals surface area contributed by atoms with E-state index in [1.807, 2.05) is 6.07 Å². The summed E-state index contributed by atoms with van der Waals surface area (Å²) in [7, 11) is -0.414. The average molecular weight is 535 g/mol. The quantitative estimate of drug-likeness (QED) is 0.167. The average Bonchev–Trinajstić information content (AvgIpc) is 2.88. The van der Waals surface area contributed by atoms with Gasteiger partial charge in [0, 0.05) is 14.4 Å². The van der Waals surface area contributed by atoms with Gasteiger partial charge in [-0.1, -0.05) is 94.3 Å². The first-order chi connectivity index (χ1) is 17.8. The molecule has 0 unspecified atom stereocenters. The molecule has 0 aromatic heterocycles. The highest BCUT2D eigenvalue weighted by Gasteiger charge is 2.31. The number of ether oxygens (including phenoxy) is 1. The molecule has 0 N–H and O–H groups in total. The van der Waals surface area contributed by atoms with Crippen molar-refractivity contribution in [3.8, 4) is 16.9 Å². The van der Waals surface area contributed by atoms with Crippen molar-refractivity contribution in [2.75, 3.05) is 0 Å². The summed E-state index contributed by atoms with van der Waals surface area (Å²) in [4.78, 5) is 0. The molecule has 1 aliphatic heterocycles. The predicted molar refractivity (Wildman–Crippen MR) is 146 cm³/mol. The van der Waals surface area contributed by atoms with Gasteiger partial charge in [0.2, 0.25) is 0 Å². The number of benzene rings is 2. The molecule has 1 saturated heterocycles. The highest BCUT2D eigenvalue weighted by atomic mass is 28.3. The fourth-order valence-corrected chi connectivity index (χ4v) is 10.2. The summed E-state index contributed by atoms with van der Waals surface area (Å²) >= 11 is 0. The van der Waals surface area contributed by atoms with Gasteiger partial charge >= 0.3 is 6.36 Å². The third-order valence-electron chi connectivity index (χ3n) is 8.88. The Balaban J connectivity index is 1.21. The van der Waals surface area contributed by atoms with Crippen LogP contribution in [0.5, 0.6) is 5.75 Å². The van der Waals surface area contributed by atoms with Gasteiger partial charge in [0.1, 0.15) is 11.6 Å². The third-order valence-corrected chi connectivity index (χ3v) is 12.4. The Morgan fingerprint density at radius 2 is 1.49 bits per heavy atom. The number of halogens is 4. The van der Waals surface area contributed by atoms with Crippen molar-refractivity contribution in [1.82, 2.24) is 0 Å². The van der Waals surface area contributed by atoms with Crippen molar-refractivity contribution in [2.24, 2.45) is 11.8 Å². The highest BCUT2D eigenvalue weighted by Crippen LogP contribution is 2.40. The molecule has 4 rings (SSSR count). The normalized spacial score (nSPS) is 24.7. The van der Waals surface area contributed by atoms with E-state index in [1.165, 1.54) is 82.1 Å². The molecule has 0 radical (unpaired) electrons. The molecule has 6 heteroatoms. The van der Waals surface area contributed by atoms with Crippen LogP contribution in [-0.2, 0) is 0 Å². The Morgan fingerprint density at radius 3 is 2.08 bits per heavy atom. The molecule has 0 amide bonds. The van der Waals surface area contributed by atoms with E-state index in [0.29, 0.717) is 17.0 Å². The lowest BCUT2D eigenvalue weighted by Crippen LogP contribution is -2.22. The summed E-state index contributed by atoms with van der Waals surface area (Å²) in [5, 5.41) is 0. The Bertz CT molecular complexity index is 958. The van der Waals surface area contributed by atoms with Gasteiger partial charge in [0.05, 0.1) is 0 Å². The minimum Gasteiger partial charge on any atom is -0.406 e. The molecule has 1 nitrogen and oxygen atoms in total. The molecule has 1 saturated carbocycles. The summed E-state index contributed by atoms with van der Waals surface area (Å²) in [5.41, 5.74) is 1.99. The molecule has 37 heavy (non-hydrogen) atoms. The van der Waals surface area contributed by atoms with Crippen molar-refractivity contribution in [2.45, 2.75) is 108 Å². The zero-order valence-corrected chi connectivity index (χ0v) is 23.3. The van der Waals surface area contributed by atoms with Crippen molar-refractivity contribution >= 4 is 8.80 Å². The molecule has 1 aliphatic carbocycles. The van der Waals surface area contributed by atoms with Gasteiger partial charge < -0.3 is 4.74 Å². The largest absolute Gasteiger partial charge is 0.573 e. The smallest absolute Gasteiger partial charge is 0.406 e. The van der Waals surface area contributed by atoms with Crippen molar-refractivity contribution < 1.29 is 22.3 Å². The van der Waals surface area contributed by atoms with E-state index in [9.17, 15) is 17.6 Å². The number of unbranched alkanes of at least 4 members (excludes halogenated alkanes) is 2. The number of rotatable bonds is 10. The highest BCUT2D eigenvalue weighted by molar-refractivity contribution is 6.58. The molecule has 2 aliphatic rings. The van der Waals surface area contributed by atoms with E-state index < -0.39 is 15.2 Å². The molecular formula is C31H42F4OSi. The minimum absolute atomic E-state index is 0.304. The maximum atomic E-state index is 15.0. The molecule has 1 heterocycles. The van der Waals surface area contributed by atoms with Crippen LogP contribution in [0.25, 0.3) is 11.1 Å². The van der Waals surface area contributed by atoms with Gasteiger partial charge in [-0.3, -0.25) is 0 Å². The van der Waals surface area contributed by atoms with Crippen LogP contribution in [0.4, 0.5) is 17.6 Å². The van der Waals surface area contributed by atoms with Crippen LogP contribution < -0.4 is 4.74 Å². The van der Waals surface area contributed by atoms with Gasteiger partial charge in [-0.25, -0.2) is 4.39 Å². The Labute approximate surface area is 221 Å². The second kappa shape index (κ2) is 13.3. The molecule has 2 aromatic carbocycles. The Hall–Kier alpha value is -1.82. The molecule has 0 atom stereocenters. The van der Waals surface area contributed by atoms with E-state index in [1.54, 1.807) is 30.3 Å². The monoisotopic (exact) mass is 534 g/mol. The minimum atomic E-state index is -4.73. The fraction of sp³-hybridized carbons (Fsp3) is 0.613. The standard InChI is InChI=1S/C31H42F4OSi/c1-2-3-4-19-37-20-17-24(18-21-37)6-5-23-7-9-25(10-8-23)27-13-16-29(30(32)22-27)26-11-14-28(15-12-26)36-31(33,34)35/h11-16,22-25,37H,2-10,17-21H2,1H3. The van der Waals surface area contributed by atoms with E-state index in [2.05, 4.69) is 11.7 Å². The summed E-state index contributed by atoms with van der Waals surface area (Å²) in [6, 6.07) is 15.5. The van der Waals surface area contributed by atoms with Crippen molar-refractivity contribution in [1.29, 1.82) is 0 Å². The lowest BCUT2D eigenvalue weighted by Gasteiger charge is -2.32. The van der Waals surface area contributed by atoms with E-state index >= 15 is 0 Å². The number of hydrogen-bond donors (Lipinski definition) is 0. The van der Waals surface area contributed by atoms with Crippen molar-refractivity contribution in [3.05, 3.63) is 53.8 Å². The van der Waals surface area contributed by atoms with Gasteiger partial charge in [-0.15, -0.1) is 13.2 Å². The van der Waals surface area contributed by atoms with E-state index in [0.717, 1.165) is 30.2 Å². The van der Waals surface area contributed by atoms with Gasteiger partial charge in [0.15, 0.2) is 0 Å². The zero-order chi connectivity index (χ0) is 26.3. The van der Waals surface area contributed by atoms with Crippen molar-refractivity contribution in [3.63, 3.8) is 0 Å². The van der Waals surface area contributed by atoms with E-state index in [-0.39, 0.29) is 11.6 Å². The van der Waals surface area contributed by atoms with Crippen LogP contribution in [0.15, 0.2) is 42.5 Å². The summed E-state index contributed by atoms with van der Waals surface area (Å²) in [5.74, 6) is 1.55. The molecule has 2 fully saturated rings. The van der Waals surface area contributed by atoms with Gasteiger partial charge in [-0.05, 0) is 72.8 Å². The van der Waals surface area contributed by atoms with Crippen LogP contribution in [0.1, 0.15) is 89.0 Å². The second-order valence-corrected chi connectivity index (χ2v) is 15.0. The Morgan fingerprint density at radius 1 is 0.838 bits per heavy atom. The van der Waals surface area contributed by atoms with Crippen LogP contribution in [0, 0.1) is 17.7 Å². The first-order valence-electron chi connectivity index (χ1n) is 14.5. The van der Waals surface area contributed by atoms with Gasteiger partial charge in [0.25, 0.3) is 0 Å². The fourth-order valence-electron chi connectivity index (χ4n) is 6.60. The van der Waals surface area contributed by atoms with Crippen LogP contribution in [-0.4, -0.2) is 15.2 Å². The Kier molecular flexibility index (Phi) is 10.1. The second-order valence-electron chi connectivity index (χ2n) is 11.5. The first kappa shape index (κ1) is 28.2. The summed E-state index contributed by atoms with van der Waals surface area (Å²) < 4.78 is 56.0. The number of hydrogen-bond acceptors (Lipinski definition) is 1.